The summed E-state index contributed by atoms with van der Waals surface area (Å²) in [6.45, 7) is 3.05. The maximum Gasteiger partial charge on any atom is 0.306 e. The van der Waals surface area contributed by atoms with Crippen molar-refractivity contribution >= 4 is 17.3 Å². The second kappa shape index (κ2) is 8.22. The van der Waals surface area contributed by atoms with Crippen molar-refractivity contribution in [1.29, 1.82) is 0 Å². The average Bonchev–Trinajstić information content (AvgIpc) is 2.84. The third-order valence-electron chi connectivity index (χ3n) is 2.46. The number of carbonyl (C=O) groups is 1. The molecule has 0 aliphatic heterocycles. The van der Waals surface area contributed by atoms with E-state index < -0.39 is 0 Å². The fraction of sp³-hybridized carbons (Fsp3) is 0.583. The van der Waals surface area contributed by atoms with Gasteiger partial charge in [-0.2, -0.15) is 11.3 Å². The molecule has 0 amide bonds. The molecule has 0 N–H and O–H groups in total. The Balaban J connectivity index is 2.39. The molecule has 1 rings (SSSR count). The summed E-state index contributed by atoms with van der Waals surface area (Å²) in [7, 11) is 3.10. The van der Waals surface area contributed by atoms with Crippen LogP contribution in [0.3, 0.4) is 0 Å². The Hall–Kier alpha value is -0.910. The van der Waals surface area contributed by atoms with Crippen LogP contribution in [0.25, 0.3) is 0 Å². The van der Waals surface area contributed by atoms with E-state index in [9.17, 15) is 4.79 Å². The number of nitrogens with zero attached hydrogens (tertiary/aromatic N) is 1. The normalized spacial score (nSPS) is 10.8. The largest absolute Gasteiger partial charge is 0.469 e. The third kappa shape index (κ3) is 5.81. The smallest absolute Gasteiger partial charge is 0.306 e. The van der Waals surface area contributed by atoms with Gasteiger partial charge in [0.05, 0.1) is 20.1 Å². The van der Waals surface area contributed by atoms with Gasteiger partial charge in [0.25, 0.3) is 0 Å². The number of esters is 1. The summed E-state index contributed by atoms with van der Waals surface area (Å²) in [5.41, 5.74) is 1.27. The Morgan fingerprint density at radius 1 is 1.41 bits per heavy atom. The van der Waals surface area contributed by atoms with Crippen molar-refractivity contribution in [2.24, 2.45) is 0 Å². The molecule has 17 heavy (non-hydrogen) atoms. The summed E-state index contributed by atoms with van der Waals surface area (Å²) in [6.07, 6.45) is 0.421. The maximum absolute atomic E-state index is 11.1. The lowest BCUT2D eigenvalue weighted by atomic mass is 10.3. The van der Waals surface area contributed by atoms with Gasteiger partial charge in [0.1, 0.15) is 0 Å². The Kier molecular flexibility index (Phi) is 6.84. The van der Waals surface area contributed by atoms with Crippen molar-refractivity contribution in [3.63, 3.8) is 0 Å². The molecular weight excluding hydrogens is 238 g/mol. The first-order chi connectivity index (χ1) is 8.26. The highest BCUT2D eigenvalue weighted by molar-refractivity contribution is 7.07. The summed E-state index contributed by atoms with van der Waals surface area (Å²) in [6, 6.07) is 2.10. The molecule has 0 bridgehead atoms. The molecule has 0 aromatic carbocycles. The Morgan fingerprint density at radius 2 is 2.24 bits per heavy atom. The molecule has 4 nitrogen and oxygen atoms in total. The topological polar surface area (TPSA) is 38.8 Å². The number of rotatable bonds is 8. The number of hydrogen-bond donors (Lipinski definition) is 0. The lowest BCUT2D eigenvalue weighted by molar-refractivity contribution is -0.141. The first-order valence-corrected chi connectivity index (χ1v) is 6.49. The van der Waals surface area contributed by atoms with E-state index in [1.807, 2.05) is 0 Å². The molecule has 5 heteroatoms. The monoisotopic (exact) mass is 257 g/mol. The van der Waals surface area contributed by atoms with Gasteiger partial charge in [-0.15, -0.1) is 0 Å². The zero-order valence-corrected chi connectivity index (χ0v) is 11.2. The zero-order chi connectivity index (χ0) is 12.5. The Bertz CT molecular complexity index is 314. The van der Waals surface area contributed by atoms with E-state index in [0.29, 0.717) is 19.6 Å². The highest BCUT2D eigenvalue weighted by Crippen LogP contribution is 2.09. The SMILES string of the molecule is COCCN(CCC(=O)OC)Cc1ccsc1. The summed E-state index contributed by atoms with van der Waals surface area (Å²) < 4.78 is 9.71. The number of thiophene rings is 1. The molecule has 0 fully saturated rings. The van der Waals surface area contributed by atoms with Crippen molar-refractivity contribution < 1.29 is 14.3 Å². The number of ether oxygens (including phenoxy) is 2. The zero-order valence-electron chi connectivity index (χ0n) is 10.3. The van der Waals surface area contributed by atoms with Crippen LogP contribution in [0.2, 0.25) is 0 Å². The van der Waals surface area contributed by atoms with Gasteiger partial charge in [-0.25, -0.2) is 0 Å². The van der Waals surface area contributed by atoms with E-state index in [2.05, 4.69) is 26.5 Å². The van der Waals surface area contributed by atoms with Crippen LogP contribution in [0.5, 0.6) is 0 Å². The second-order valence-electron chi connectivity index (χ2n) is 3.73. The molecule has 1 aromatic heterocycles. The van der Waals surface area contributed by atoms with Crippen molar-refractivity contribution in [2.75, 3.05) is 33.9 Å². The Morgan fingerprint density at radius 3 is 2.82 bits per heavy atom. The van der Waals surface area contributed by atoms with Crippen LogP contribution in [0.15, 0.2) is 16.8 Å². The van der Waals surface area contributed by atoms with Crippen LogP contribution in [0.1, 0.15) is 12.0 Å². The van der Waals surface area contributed by atoms with Crippen molar-refractivity contribution in [3.05, 3.63) is 22.4 Å². The summed E-state index contributed by atoms with van der Waals surface area (Å²) >= 11 is 1.68. The highest BCUT2D eigenvalue weighted by atomic mass is 32.1. The van der Waals surface area contributed by atoms with Crippen molar-refractivity contribution in [1.82, 2.24) is 4.90 Å². The van der Waals surface area contributed by atoms with Gasteiger partial charge in [-0.1, -0.05) is 0 Å². The molecule has 0 saturated heterocycles. The molecule has 0 atom stereocenters. The molecule has 96 valence electrons. The van der Waals surface area contributed by atoms with Gasteiger partial charge >= 0.3 is 5.97 Å². The van der Waals surface area contributed by atoms with Gasteiger partial charge in [-0.05, 0) is 22.4 Å². The van der Waals surface area contributed by atoms with E-state index >= 15 is 0 Å². The second-order valence-corrected chi connectivity index (χ2v) is 4.51. The standard InChI is InChI=1S/C12H19NO3S/c1-15-7-6-13(5-3-12(14)16-2)9-11-4-8-17-10-11/h4,8,10H,3,5-7,9H2,1-2H3. The van der Waals surface area contributed by atoms with Crippen molar-refractivity contribution in [3.8, 4) is 0 Å². The summed E-state index contributed by atoms with van der Waals surface area (Å²) in [5.74, 6) is -0.169. The van der Waals surface area contributed by atoms with Crippen molar-refractivity contribution in [2.45, 2.75) is 13.0 Å². The third-order valence-corrected chi connectivity index (χ3v) is 3.19. The predicted molar refractivity (Wildman–Crippen MR) is 68.1 cm³/mol. The van der Waals surface area contributed by atoms with Gasteiger partial charge < -0.3 is 9.47 Å². The lowest BCUT2D eigenvalue weighted by Crippen LogP contribution is -2.29. The molecule has 0 unspecified atom stereocenters. The van der Waals surface area contributed by atoms with E-state index in [-0.39, 0.29) is 5.97 Å². The number of carbonyl (C=O) groups excluding carboxylic acids is 1. The minimum Gasteiger partial charge on any atom is -0.469 e. The van der Waals surface area contributed by atoms with Crippen LogP contribution in [-0.4, -0.2) is 44.8 Å². The van der Waals surface area contributed by atoms with Crippen LogP contribution < -0.4 is 0 Å². The van der Waals surface area contributed by atoms with Crippen LogP contribution in [0, 0.1) is 0 Å². The fourth-order valence-electron chi connectivity index (χ4n) is 1.48. The summed E-state index contributed by atoms with van der Waals surface area (Å²) in [5, 5.41) is 4.18. The van der Waals surface area contributed by atoms with Gasteiger partial charge in [0.15, 0.2) is 0 Å². The van der Waals surface area contributed by atoms with Gasteiger partial charge in [-0.3, -0.25) is 9.69 Å². The fourth-order valence-corrected chi connectivity index (χ4v) is 2.14. The van der Waals surface area contributed by atoms with Gasteiger partial charge in [0, 0.05) is 26.7 Å². The quantitative estimate of drug-likeness (QED) is 0.665. The average molecular weight is 257 g/mol. The summed E-state index contributed by atoms with van der Waals surface area (Å²) in [4.78, 5) is 13.3. The molecule has 0 saturated carbocycles. The minimum atomic E-state index is -0.169. The maximum atomic E-state index is 11.1. The van der Waals surface area contributed by atoms with E-state index in [1.54, 1.807) is 18.4 Å². The first kappa shape index (κ1) is 14.2. The van der Waals surface area contributed by atoms with E-state index in [0.717, 1.165) is 13.1 Å². The molecule has 0 aliphatic carbocycles. The van der Waals surface area contributed by atoms with Crippen LogP contribution >= 0.6 is 11.3 Å². The number of hydrogen-bond acceptors (Lipinski definition) is 5. The molecule has 0 spiro atoms. The van der Waals surface area contributed by atoms with Gasteiger partial charge in [0.2, 0.25) is 0 Å². The van der Waals surface area contributed by atoms with Crippen LogP contribution in [0.4, 0.5) is 0 Å². The molecule has 0 aliphatic rings. The molecule has 0 radical (unpaired) electrons. The first-order valence-electron chi connectivity index (χ1n) is 5.55. The van der Waals surface area contributed by atoms with E-state index in [4.69, 9.17) is 4.74 Å². The van der Waals surface area contributed by atoms with E-state index in [1.165, 1.54) is 12.7 Å². The molecular formula is C12H19NO3S. The molecule has 1 aromatic rings. The van der Waals surface area contributed by atoms with Crippen LogP contribution in [-0.2, 0) is 20.8 Å². The highest BCUT2D eigenvalue weighted by Gasteiger charge is 2.09. The lowest BCUT2D eigenvalue weighted by Gasteiger charge is -2.20. The number of methoxy groups -OCH3 is 2. The molecule has 1 heterocycles. The predicted octanol–water partition coefficient (Wildman–Crippen LogP) is 1.76. The minimum absolute atomic E-state index is 0.169. The Labute approximate surface area is 106 Å².